The Balaban J connectivity index is 1.58. The SMILES string of the molecule is COC12CC3CC(CC(NC(=O)c4cccc(Cl)c4)(C3)C1)C2. The Morgan fingerprint density at radius 1 is 1.27 bits per heavy atom. The van der Waals surface area contributed by atoms with E-state index in [-0.39, 0.29) is 17.0 Å². The molecule has 1 N–H and O–H groups in total. The molecule has 4 aliphatic carbocycles. The Morgan fingerprint density at radius 3 is 2.64 bits per heavy atom. The lowest BCUT2D eigenvalue weighted by Gasteiger charge is -2.61. The first-order valence-electron chi connectivity index (χ1n) is 8.15. The van der Waals surface area contributed by atoms with Crippen molar-refractivity contribution in [3.63, 3.8) is 0 Å². The van der Waals surface area contributed by atoms with Crippen LogP contribution < -0.4 is 5.32 Å². The number of benzene rings is 1. The van der Waals surface area contributed by atoms with E-state index < -0.39 is 0 Å². The van der Waals surface area contributed by atoms with Crippen LogP contribution in [0.4, 0.5) is 0 Å². The number of methoxy groups -OCH3 is 1. The van der Waals surface area contributed by atoms with Gasteiger partial charge in [-0.2, -0.15) is 0 Å². The van der Waals surface area contributed by atoms with Crippen molar-refractivity contribution in [1.29, 1.82) is 0 Å². The molecule has 0 radical (unpaired) electrons. The molecule has 3 nitrogen and oxygen atoms in total. The summed E-state index contributed by atoms with van der Waals surface area (Å²) in [6, 6.07) is 7.19. The Kier molecular flexibility index (Phi) is 3.28. The molecule has 118 valence electrons. The van der Waals surface area contributed by atoms with Crippen molar-refractivity contribution in [2.45, 2.75) is 49.7 Å². The van der Waals surface area contributed by atoms with Crippen LogP contribution in [0.2, 0.25) is 5.02 Å². The number of carbonyl (C=O) groups excluding carboxylic acids is 1. The highest BCUT2D eigenvalue weighted by Crippen LogP contribution is 2.58. The first kappa shape index (κ1) is 14.5. The van der Waals surface area contributed by atoms with Crippen molar-refractivity contribution in [3.8, 4) is 0 Å². The average molecular weight is 320 g/mol. The predicted molar refractivity (Wildman–Crippen MR) is 86.1 cm³/mol. The highest BCUT2D eigenvalue weighted by Gasteiger charge is 2.58. The van der Waals surface area contributed by atoms with Gasteiger partial charge in [-0.15, -0.1) is 0 Å². The number of hydrogen-bond donors (Lipinski definition) is 1. The van der Waals surface area contributed by atoms with Crippen molar-refractivity contribution >= 4 is 17.5 Å². The summed E-state index contributed by atoms with van der Waals surface area (Å²) in [6.45, 7) is 0. The van der Waals surface area contributed by atoms with E-state index in [4.69, 9.17) is 16.3 Å². The zero-order chi connectivity index (χ0) is 15.4. The van der Waals surface area contributed by atoms with Crippen LogP contribution in [0, 0.1) is 11.8 Å². The molecule has 4 heteroatoms. The van der Waals surface area contributed by atoms with Crippen molar-refractivity contribution in [2.75, 3.05) is 7.11 Å². The fraction of sp³-hybridized carbons (Fsp3) is 0.611. The van der Waals surface area contributed by atoms with Gasteiger partial charge in [-0.1, -0.05) is 17.7 Å². The molecule has 0 heterocycles. The first-order valence-corrected chi connectivity index (χ1v) is 8.53. The third-order valence-electron chi connectivity index (χ3n) is 5.91. The molecule has 0 aliphatic heterocycles. The van der Waals surface area contributed by atoms with Gasteiger partial charge < -0.3 is 10.1 Å². The molecule has 1 aromatic carbocycles. The molecular formula is C18H22ClNO2. The largest absolute Gasteiger partial charge is 0.378 e. The molecule has 1 aromatic rings. The van der Waals surface area contributed by atoms with E-state index in [1.807, 2.05) is 19.2 Å². The van der Waals surface area contributed by atoms with Crippen LogP contribution in [0.25, 0.3) is 0 Å². The molecular weight excluding hydrogens is 298 g/mol. The van der Waals surface area contributed by atoms with Gasteiger partial charge in [0.25, 0.3) is 5.91 Å². The fourth-order valence-electron chi connectivity index (χ4n) is 5.51. The molecule has 4 fully saturated rings. The summed E-state index contributed by atoms with van der Waals surface area (Å²) < 4.78 is 5.91. The maximum atomic E-state index is 12.7. The molecule has 5 rings (SSSR count). The van der Waals surface area contributed by atoms with Crippen LogP contribution >= 0.6 is 11.6 Å². The number of ether oxygens (including phenoxy) is 1. The van der Waals surface area contributed by atoms with Gasteiger partial charge in [-0.3, -0.25) is 4.79 Å². The summed E-state index contributed by atoms with van der Waals surface area (Å²) in [5.74, 6) is 1.39. The van der Waals surface area contributed by atoms with Crippen molar-refractivity contribution < 1.29 is 9.53 Å². The maximum Gasteiger partial charge on any atom is 0.251 e. The van der Waals surface area contributed by atoms with Gasteiger partial charge in [0.1, 0.15) is 0 Å². The minimum Gasteiger partial charge on any atom is -0.378 e. The average Bonchev–Trinajstić information content (AvgIpc) is 2.45. The number of halogens is 1. The zero-order valence-electron chi connectivity index (χ0n) is 12.9. The van der Waals surface area contributed by atoms with Crippen molar-refractivity contribution in [1.82, 2.24) is 5.32 Å². The second-order valence-electron chi connectivity index (χ2n) is 7.59. The van der Waals surface area contributed by atoms with Gasteiger partial charge in [-0.25, -0.2) is 0 Å². The highest BCUT2D eigenvalue weighted by molar-refractivity contribution is 6.30. The summed E-state index contributed by atoms with van der Waals surface area (Å²) in [5, 5.41) is 3.95. The lowest BCUT2D eigenvalue weighted by Crippen LogP contribution is -2.65. The fourth-order valence-corrected chi connectivity index (χ4v) is 5.70. The number of amides is 1. The Morgan fingerprint density at radius 2 is 2.00 bits per heavy atom. The smallest absolute Gasteiger partial charge is 0.251 e. The summed E-state index contributed by atoms with van der Waals surface area (Å²) in [7, 11) is 1.83. The molecule has 0 saturated heterocycles. The van der Waals surface area contributed by atoms with Gasteiger partial charge in [0, 0.05) is 23.2 Å². The highest BCUT2D eigenvalue weighted by atomic mass is 35.5. The van der Waals surface area contributed by atoms with Gasteiger partial charge >= 0.3 is 0 Å². The maximum absolute atomic E-state index is 12.7. The van der Waals surface area contributed by atoms with E-state index in [2.05, 4.69) is 5.32 Å². The zero-order valence-corrected chi connectivity index (χ0v) is 13.7. The number of rotatable bonds is 3. The molecule has 22 heavy (non-hydrogen) atoms. The van der Waals surface area contributed by atoms with E-state index in [1.54, 1.807) is 12.1 Å². The normalized spacial score (nSPS) is 39.0. The molecule has 4 aliphatic rings. The van der Waals surface area contributed by atoms with Gasteiger partial charge in [-0.05, 0) is 68.6 Å². The lowest BCUT2D eigenvalue weighted by atomic mass is 9.51. The van der Waals surface area contributed by atoms with Gasteiger partial charge in [0.2, 0.25) is 0 Å². The Bertz CT molecular complexity index is 601. The number of hydrogen-bond acceptors (Lipinski definition) is 2. The lowest BCUT2D eigenvalue weighted by molar-refractivity contribution is -0.158. The van der Waals surface area contributed by atoms with E-state index in [0.717, 1.165) is 32.1 Å². The second kappa shape index (κ2) is 4.97. The number of carbonyl (C=O) groups is 1. The minimum atomic E-state index is -0.0838. The van der Waals surface area contributed by atoms with Crippen LogP contribution in [-0.2, 0) is 4.74 Å². The Hall–Kier alpha value is -1.06. The summed E-state index contributed by atoms with van der Waals surface area (Å²) in [4.78, 5) is 12.7. The summed E-state index contributed by atoms with van der Waals surface area (Å²) >= 11 is 6.01. The van der Waals surface area contributed by atoms with Crippen molar-refractivity contribution in [2.24, 2.45) is 11.8 Å². The third-order valence-corrected chi connectivity index (χ3v) is 6.14. The van der Waals surface area contributed by atoms with Crippen LogP contribution in [-0.4, -0.2) is 24.2 Å². The second-order valence-corrected chi connectivity index (χ2v) is 8.03. The van der Waals surface area contributed by atoms with E-state index in [1.165, 1.54) is 6.42 Å². The molecule has 0 aromatic heterocycles. The van der Waals surface area contributed by atoms with Crippen LogP contribution in [0.1, 0.15) is 48.9 Å². The van der Waals surface area contributed by atoms with E-state index >= 15 is 0 Å². The van der Waals surface area contributed by atoms with E-state index in [9.17, 15) is 4.79 Å². The van der Waals surface area contributed by atoms with Crippen LogP contribution in [0.5, 0.6) is 0 Å². The number of nitrogens with one attached hydrogen (secondary N) is 1. The van der Waals surface area contributed by atoms with Crippen molar-refractivity contribution in [3.05, 3.63) is 34.9 Å². The third kappa shape index (κ3) is 2.35. The summed E-state index contributed by atoms with van der Waals surface area (Å²) in [5.41, 5.74) is 0.556. The van der Waals surface area contributed by atoms with Crippen LogP contribution in [0.15, 0.2) is 24.3 Å². The minimum absolute atomic E-state index is 0.00398. The standard InChI is InChI=1S/C18H22ClNO2/c1-22-18-9-12-5-13(10-18)8-17(7-12,11-18)20-16(21)14-3-2-4-15(19)6-14/h2-4,6,12-13H,5,7-11H2,1H3,(H,20,21). The monoisotopic (exact) mass is 319 g/mol. The Labute approximate surface area is 136 Å². The quantitative estimate of drug-likeness (QED) is 0.920. The molecule has 0 spiro atoms. The molecule has 2 unspecified atom stereocenters. The van der Waals surface area contributed by atoms with Gasteiger partial charge in [0.05, 0.1) is 5.60 Å². The topological polar surface area (TPSA) is 38.3 Å². The molecule has 1 amide bonds. The molecule has 2 atom stereocenters. The molecule has 4 saturated carbocycles. The molecule has 4 bridgehead atoms. The van der Waals surface area contributed by atoms with Crippen LogP contribution in [0.3, 0.4) is 0 Å². The predicted octanol–water partition coefficient (Wildman–Crippen LogP) is 3.81. The van der Waals surface area contributed by atoms with E-state index in [0.29, 0.717) is 22.4 Å². The van der Waals surface area contributed by atoms with Gasteiger partial charge in [0.15, 0.2) is 0 Å². The first-order chi connectivity index (χ1) is 10.5. The summed E-state index contributed by atoms with van der Waals surface area (Å²) in [6.07, 6.45) is 6.78.